The van der Waals surface area contributed by atoms with Crippen LogP contribution in [0.15, 0.2) is 64.8 Å². The van der Waals surface area contributed by atoms with E-state index in [9.17, 15) is 9.59 Å². The van der Waals surface area contributed by atoms with Crippen molar-refractivity contribution in [3.63, 3.8) is 0 Å². The van der Waals surface area contributed by atoms with Gasteiger partial charge in [-0.15, -0.1) is 0 Å². The molecule has 0 N–H and O–H groups in total. The van der Waals surface area contributed by atoms with Gasteiger partial charge >= 0.3 is 5.97 Å². The maximum Gasteiger partial charge on any atom is 0.315 e. The van der Waals surface area contributed by atoms with Crippen LogP contribution in [0.5, 0.6) is 11.5 Å². The van der Waals surface area contributed by atoms with E-state index in [1.807, 2.05) is 55.5 Å². The van der Waals surface area contributed by atoms with Crippen molar-refractivity contribution < 1.29 is 23.8 Å². The lowest BCUT2D eigenvalue weighted by Crippen LogP contribution is -2.39. The summed E-state index contributed by atoms with van der Waals surface area (Å²) in [6, 6.07) is 15.6. The number of benzene rings is 2. The molecule has 0 bridgehead atoms. The van der Waals surface area contributed by atoms with Gasteiger partial charge in [0, 0.05) is 35.7 Å². The van der Waals surface area contributed by atoms with Gasteiger partial charge in [0.15, 0.2) is 17.3 Å². The van der Waals surface area contributed by atoms with Crippen LogP contribution in [0.3, 0.4) is 0 Å². The third-order valence-corrected chi connectivity index (χ3v) is 6.79. The number of esters is 1. The van der Waals surface area contributed by atoms with E-state index in [-0.39, 0.29) is 30.6 Å². The Labute approximate surface area is 199 Å². The predicted octanol–water partition coefficient (Wildman–Crippen LogP) is 5.02. The van der Waals surface area contributed by atoms with Crippen molar-refractivity contribution in [2.45, 2.75) is 46.0 Å². The Morgan fingerprint density at radius 3 is 2.65 bits per heavy atom. The fraction of sp³-hybridized carbons (Fsp3) is 0.393. The highest BCUT2D eigenvalue weighted by Crippen LogP contribution is 2.49. The molecule has 0 aromatic heterocycles. The van der Waals surface area contributed by atoms with Gasteiger partial charge < -0.3 is 14.2 Å². The Balaban J connectivity index is 1.48. The van der Waals surface area contributed by atoms with Crippen molar-refractivity contribution >= 4 is 17.5 Å². The van der Waals surface area contributed by atoms with Crippen LogP contribution >= 0.6 is 0 Å². The molecule has 2 heterocycles. The molecule has 0 fully saturated rings. The van der Waals surface area contributed by atoms with Crippen molar-refractivity contribution in [3.05, 3.63) is 70.9 Å². The maximum atomic E-state index is 13.4. The van der Waals surface area contributed by atoms with Crippen molar-refractivity contribution in [2.24, 2.45) is 16.3 Å². The van der Waals surface area contributed by atoms with Crippen LogP contribution in [-0.2, 0) is 20.7 Å². The lowest BCUT2D eigenvalue weighted by Gasteiger charge is -2.39. The number of carbonyl (C=O) groups excluding carboxylic acids is 2. The van der Waals surface area contributed by atoms with Crippen LogP contribution in [0, 0.1) is 11.3 Å². The lowest BCUT2D eigenvalue weighted by atomic mass is 9.67. The first-order chi connectivity index (χ1) is 16.3. The molecule has 6 nitrogen and oxygen atoms in total. The average Bonchev–Trinajstić information content (AvgIpc) is 3.26. The molecule has 176 valence electrons. The molecule has 2 atom stereocenters. The van der Waals surface area contributed by atoms with Crippen molar-refractivity contribution in [2.75, 3.05) is 13.4 Å². The molecule has 0 saturated carbocycles. The van der Waals surface area contributed by atoms with Crippen LogP contribution in [-0.4, -0.2) is 30.9 Å². The first kappa shape index (κ1) is 22.4. The minimum Gasteiger partial charge on any atom is -0.465 e. The SMILES string of the molecule is CC1=NC2=C(C(=O)CC(C)(C)C2)[C@H](c2ccc3c(c2)OCO3)C1C(=O)OCCc1ccccc1. The third-order valence-electron chi connectivity index (χ3n) is 6.79. The smallest absolute Gasteiger partial charge is 0.315 e. The number of nitrogens with zero attached hydrogens (tertiary/aromatic N) is 1. The van der Waals surface area contributed by atoms with E-state index < -0.39 is 11.8 Å². The van der Waals surface area contributed by atoms with Crippen molar-refractivity contribution in [1.82, 2.24) is 0 Å². The Bertz CT molecular complexity index is 1190. The first-order valence-electron chi connectivity index (χ1n) is 11.7. The van der Waals surface area contributed by atoms with E-state index in [1.54, 1.807) is 0 Å². The molecule has 2 aromatic carbocycles. The lowest BCUT2D eigenvalue weighted by molar-refractivity contribution is -0.146. The molecule has 6 heteroatoms. The molecule has 0 radical (unpaired) electrons. The van der Waals surface area contributed by atoms with E-state index in [2.05, 4.69) is 13.8 Å². The molecular formula is C28H29NO5. The summed E-state index contributed by atoms with van der Waals surface area (Å²) >= 11 is 0. The van der Waals surface area contributed by atoms with Crippen LogP contribution in [0.1, 0.15) is 50.7 Å². The number of fused-ring (bicyclic) bond motifs is 1. The standard InChI is InChI=1S/C28H29NO5/c1-17-24(27(31)32-12-11-18-7-5-4-6-8-18)25(19-9-10-22-23(13-19)34-16-33-22)26-20(29-17)14-28(2,3)15-21(26)30/h4-10,13,24-25H,11-12,14-16H2,1-3H3/t24?,25-/m1/s1. The van der Waals surface area contributed by atoms with Gasteiger partial charge in [-0.3, -0.25) is 14.6 Å². The van der Waals surface area contributed by atoms with Crippen LogP contribution in [0.2, 0.25) is 0 Å². The Kier molecular flexibility index (Phi) is 5.76. The van der Waals surface area contributed by atoms with Crippen molar-refractivity contribution in [3.8, 4) is 11.5 Å². The van der Waals surface area contributed by atoms with Gasteiger partial charge in [-0.25, -0.2) is 0 Å². The zero-order valence-electron chi connectivity index (χ0n) is 19.8. The summed E-state index contributed by atoms with van der Waals surface area (Å²) in [5.74, 6) is -0.150. The van der Waals surface area contributed by atoms with Gasteiger partial charge in [-0.2, -0.15) is 0 Å². The monoisotopic (exact) mass is 459 g/mol. The normalized spacial score (nSPS) is 22.8. The average molecular weight is 460 g/mol. The predicted molar refractivity (Wildman–Crippen MR) is 128 cm³/mol. The summed E-state index contributed by atoms with van der Waals surface area (Å²) in [7, 11) is 0. The van der Waals surface area contributed by atoms with E-state index in [1.165, 1.54) is 0 Å². The maximum absolute atomic E-state index is 13.4. The topological polar surface area (TPSA) is 74.2 Å². The summed E-state index contributed by atoms with van der Waals surface area (Å²) in [4.78, 5) is 31.6. The zero-order valence-corrected chi connectivity index (χ0v) is 19.8. The minimum absolute atomic E-state index is 0.0484. The molecule has 5 rings (SSSR count). The molecular weight excluding hydrogens is 430 g/mol. The molecule has 1 unspecified atom stereocenters. The molecule has 1 aliphatic carbocycles. The van der Waals surface area contributed by atoms with Crippen LogP contribution in [0.25, 0.3) is 0 Å². The number of Topliss-reactive ketones (excluding diaryl/α,β-unsaturated/α-hetero) is 1. The van der Waals surface area contributed by atoms with Gasteiger partial charge in [0.1, 0.15) is 5.92 Å². The van der Waals surface area contributed by atoms with Crippen LogP contribution in [0.4, 0.5) is 0 Å². The fourth-order valence-corrected chi connectivity index (χ4v) is 5.22. The number of hydrogen-bond acceptors (Lipinski definition) is 6. The second-order valence-electron chi connectivity index (χ2n) is 10.0. The van der Waals surface area contributed by atoms with Gasteiger partial charge in [0.25, 0.3) is 0 Å². The zero-order chi connectivity index (χ0) is 23.9. The molecule has 34 heavy (non-hydrogen) atoms. The van der Waals surface area contributed by atoms with E-state index in [0.717, 1.165) is 16.8 Å². The van der Waals surface area contributed by atoms with Crippen LogP contribution < -0.4 is 9.47 Å². The highest BCUT2D eigenvalue weighted by atomic mass is 16.7. The summed E-state index contributed by atoms with van der Waals surface area (Å²) in [5.41, 5.74) is 3.87. The second-order valence-corrected chi connectivity index (χ2v) is 10.0. The molecule has 0 amide bonds. The number of carbonyl (C=O) groups is 2. The number of aliphatic imine (C=N–C) groups is 1. The van der Waals surface area contributed by atoms with Crippen molar-refractivity contribution in [1.29, 1.82) is 0 Å². The summed E-state index contributed by atoms with van der Waals surface area (Å²) < 4.78 is 16.8. The third kappa shape index (κ3) is 4.25. The first-order valence-corrected chi connectivity index (χ1v) is 11.7. The highest BCUT2D eigenvalue weighted by Gasteiger charge is 2.46. The van der Waals surface area contributed by atoms with Gasteiger partial charge in [0.05, 0.1) is 6.61 Å². The summed E-state index contributed by atoms with van der Waals surface area (Å²) in [6.45, 7) is 6.46. The Morgan fingerprint density at radius 1 is 1.09 bits per heavy atom. The summed E-state index contributed by atoms with van der Waals surface area (Å²) in [6.07, 6.45) is 1.75. The number of allylic oxidation sites excluding steroid dienone is 2. The number of hydrogen-bond donors (Lipinski definition) is 0. The summed E-state index contributed by atoms with van der Waals surface area (Å²) in [5, 5.41) is 0. The molecule has 0 saturated heterocycles. The number of ketones is 1. The van der Waals surface area contributed by atoms with Gasteiger partial charge in [0.2, 0.25) is 6.79 Å². The molecule has 0 spiro atoms. The second kappa shape index (κ2) is 8.75. The Morgan fingerprint density at radius 2 is 1.85 bits per heavy atom. The van der Waals surface area contributed by atoms with E-state index in [4.69, 9.17) is 19.2 Å². The van der Waals surface area contributed by atoms with E-state index >= 15 is 0 Å². The molecule has 2 aliphatic heterocycles. The van der Waals surface area contributed by atoms with Gasteiger partial charge in [-0.1, -0.05) is 50.2 Å². The minimum atomic E-state index is -0.667. The molecule has 3 aliphatic rings. The largest absolute Gasteiger partial charge is 0.465 e. The molecule has 2 aromatic rings. The highest BCUT2D eigenvalue weighted by molar-refractivity contribution is 6.09. The number of ether oxygens (including phenoxy) is 3. The van der Waals surface area contributed by atoms with E-state index in [0.29, 0.717) is 42.0 Å². The Hall–Kier alpha value is -3.41. The fourth-order valence-electron chi connectivity index (χ4n) is 5.22. The number of rotatable bonds is 5. The quantitative estimate of drug-likeness (QED) is 0.587. The van der Waals surface area contributed by atoms with Gasteiger partial charge in [-0.05, 0) is 42.0 Å².